The lowest BCUT2D eigenvalue weighted by atomic mass is 9.87. The molecule has 2 atom stereocenters. The van der Waals surface area contributed by atoms with E-state index in [1.165, 1.54) is 0 Å². The lowest BCUT2D eigenvalue weighted by molar-refractivity contribution is 0.101. The average Bonchev–Trinajstić information content (AvgIpc) is 2.46. The molecule has 1 aliphatic rings. The zero-order valence-corrected chi connectivity index (χ0v) is 11.7. The third kappa shape index (κ3) is 4.97. The van der Waals surface area contributed by atoms with Crippen molar-refractivity contribution in [2.24, 2.45) is 5.92 Å². The maximum absolute atomic E-state index is 13.4. The smallest absolute Gasteiger partial charge is 0.315 e. The van der Waals surface area contributed by atoms with Crippen molar-refractivity contribution in [3.8, 4) is 0 Å². The average molecular weight is 298 g/mol. The molecule has 21 heavy (non-hydrogen) atoms. The van der Waals surface area contributed by atoms with E-state index in [9.17, 15) is 18.7 Å². The molecule has 1 aliphatic carbocycles. The van der Waals surface area contributed by atoms with Gasteiger partial charge in [0.25, 0.3) is 0 Å². The molecule has 0 saturated heterocycles. The Morgan fingerprint density at radius 1 is 1.29 bits per heavy atom. The Morgan fingerprint density at radius 3 is 2.86 bits per heavy atom. The maximum atomic E-state index is 13.4. The lowest BCUT2D eigenvalue weighted by Gasteiger charge is -2.25. The fourth-order valence-corrected chi connectivity index (χ4v) is 2.60. The second-order valence-electron chi connectivity index (χ2n) is 5.49. The Hall–Kier alpha value is -1.69. The molecule has 0 radical (unpaired) electrons. The molecule has 4 nitrogen and oxygen atoms in total. The molecule has 2 amide bonds. The molecule has 6 heteroatoms. The van der Waals surface area contributed by atoms with Gasteiger partial charge in [0.05, 0.1) is 6.10 Å². The molecule has 1 fully saturated rings. The number of rotatable bonds is 4. The van der Waals surface area contributed by atoms with Crippen LogP contribution in [0.4, 0.5) is 13.6 Å². The number of hydrogen-bond acceptors (Lipinski definition) is 2. The second-order valence-corrected chi connectivity index (χ2v) is 5.49. The van der Waals surface area contributed by atoms with E-state index >= 15 is 0 Å². The molecule has 0 heterocycles. The molecular weight excluding hydrogens is 278 g/mol. The highest BCUT2D eigenvalue weighted by Crippen LogP contribution is 2.23. The van der Waals surface area contributed by atoms with Crippen LogP contribution in [0.3, 0.4) is 0 Å². The Morgan fingerprint density at radius 2 is 2.10 bits per heavy atom. The molecule has 1 aromatic rings. The molecule has 0 aliphatic heterocycles. The normalized spacial score (nSPS) is 21.9. The number of carbonyl (C=O) groups is 1. The van der Waals surface area contributed by atoms with Crippen LogP contribution in [-0.4, -0.2) is 23.8 Å². The number of halogens is 2. The largest absolute Gasteiger partial charge is 0.393 e. The summed E-state index contributed by atoms with van der Waals surface area (Å²) in [5, 5.41) is 14.7. The third-order valence-corrected chi connectivity index (χ3v) is 3.75. The van der Waals surface area contributed by atoms with Crippen LogP contribution in [0.15, 0.2) is 18.2 Å². The number of nitrogens with one attached hydrogen (secondary N) is 2. The van der Waals surface area contributed by atoms with Gasteiger partial charge < -0.3 is 15.7 Å². The molecule has 0 bridgehead atoms. The van der Waals surface area contributed by atoms with Crippen molar-refractivity contribution in [3.63, 3.8) is 0 Å². The predicted molar refractivity (Wildman–Crippen MR) is 74.6 cm³/mol. The summed E-state index contributed by atoms with van der Waals surface area (Å²) in [4.78, 5) is 11.6. The molecular formula is C15H20F2N2O2. The molecule has 1 saturated carbocycles. The number of hydrogen-bond donors (Lipinski definition) is 3. The van der Waals surface area contributed by atoms with Gasteiger partial charge in [-0.05, 0) is 43.4 Å². The minimum absolute atomic E-state index is 0.0667. The summed E-state index contributed by atoms with van der Waals surface area (Å²) in [6.45, 7) is 0.414. The van der Waals surface area contributed by atoms with Gasteiger partial charge in [0.15, 0.2) is 0 Å². The number of aliphatic hydroxyl groups excluding tert-OH is 1. The first-order valence-electron chi connectivity index (χ1n) is 7.18. The van der Waals surface area contributed by atoms with E-state index in [-0.39, 0.29) is 24.1 Å². The lowest BCUT2D eigenvalue weighted by Crippen LogP contribution is -2.39. The molecule has 1 aromatic carbocycles. The third-order valence-electron chi connectivity index (χ3n) is 3.75. The quantitative estimate of drug-likeness (QED) is 0.799. The maximum Gasteiger partial charge on any atom is 0.315 e. The summed E-state index contributed by atoms with van der Waals surface area (Å²) >= 11 is 0. The number of aliphatic hydroxyl groups is 1. The van der Waals surface area contributed by atoms with Crippen molar-refractivity contribution in [1.29, 1.82) is 0 Å². The van der Waals surface area contributed by atoms with Crippen LogP contribution in [0.2, 0.25) is 0 Å². The monoisotopic (exact) mass is 298 g/mol. The van der Waals surface area contributed by atoms with Crippen molar-refractivity contribution in [3.05, 3.63) is 35.4 Å². The summed E-state index contributed by atoms with van der Waals surface area (Å²) in [7, 11) is 0. The standard InChI is InChI=1S/C15H20F2N2O2/c16-12-4-5-14(17)11(7-12)9-19-15(21)18-8-10-2-1-3-13(20)6-10/h4-5,7,10,13,20H,1-3,6,8-9H2,(H2,18,19,21). The SMILES string of the molecule is O=C(NCc1cc(F)ccc1F)NCC1CCCC(O)C1. The number of benzene rings is 1. The van der Waals surface area contributed by atoms with Crippen LogP contribution < -0.4 is 10.6 Å². The van der Waals surface area contributed by atoms with Gasteiger partial charge in [-0.1, -0.05) is 6.42 Å². The van der Waals surface area contributed by atoms with Crippen molar-refractivity contribution in [2.45, 2.75) is 38.3 Å². The van der Waals surface area contributed by atoms with Crippen molar-refractivity contribution < 1.29 is 18.7 Å². The minimum Gasteiger partial charge on any atom is -0.393 e. The van der Waals surface area contributed by atoms with Crippen molar-refractivity contribution in [2.75, 3.05) is 6.54 Å². The first-order valence-corrected chi connectivity index (χ1v) is 7.18. The first kappa shape index (κ1) is 15.7. The van der Waals surface area contributed by atoms with Gasteiger partial charge in [0.2, 0.25) is 0 Å². The second kappa shape index (κ2) is 7.36. The van der Waals surface area contributed by atoms with Gasteiger partial charge in [0, 0.05) is 18.7 Å². The van der Waals surface area contributed by atoms with E-state index in [1.54, 1.807) is 0 Å². The van der Waals surface area contributed by atoms with E-state index in [4.69, 9.17) is 0 Å². The Kier molecular flexibility index (Phi) is 5.50. The fourth-order valence-electron chi connectivity index (χ4n) is 2.60. The van der Waals surface area contributed by atoms with Crippen LogP contribution in [-0.2, 0) is 6.54 Å². The van der Waals surface area contributed by atoms with E-state index in [1.807, 2.05) is 0 Å². The topological polar surface area (TPSA) is 61.4 Å². The van der Waals surface area contributed by atoms with Crippen LogP contribution in [0.5, 0.6) is 0 Å². The highest BCUT2D eigenvalue weighted by atomic mass is 19.1. The zero-order valence-electron chi connectivity index (χ0n) is 11.7. The van der Waals surface area contributed by atoms with E-state index in [0.29, 0.717) is 13.0 Å². The first-order chi connectivity index (χ1) is 10.0. The Labute approximate surface area is 122 Å². The highest BCUT2D eigenvalue weighted by molar-refractivity contribution is 5.73. The summed E-state index contributed by atoms with van der Waals surface area (Å²) in [6.07, 6.45) is 3.18. The fraction of sp³-hybridized carbons (Fsp3) is 0.533. The van der Waals surface area contributed by atoms with Crippen LogP contribution in [0, 0.1) is 17.6 Å². The predicted octanol–water partition coefficient (Wildman–Crippen LogP) is 2.32. The molecule has 2 unspecified atom stereocenters. The van der Waals surface area contributed by atoms with Crippen LogP contribution in [0.1, 0.15) is 31.2 Å². The summed E-state index contributed by atoms with van der Waals surface area (Å²) in [6, 6.07) is 2.72. The van der Waals surface area contributed by atoms with Gasteiger partial charge in [-0.25, -0.2) is 13.6 Å². The highest BCUT2D eigenvalue weighted by Gasteiger charge is 2.20. The molecule has 3 N–H and O–H groups in total. The Balaban J connectivity index is 1.73. The summed E-state index contributed by atoms with van der Waals surface area (Å²) in [5.74, 6) is -0.817. The zero-order chi connectivity index (χ0) is 15.2. The summed E-state index contributed by atoms with van der Waals surface area (Å²) in [5.41, 5.74) is 0.109. The van der Waals surface area contributed by atoms with Crippen molar-refractivity contribution in [1.82, 2.24) is 10.6 Å². The van der Waals surface area contributed by atoms with Gasteiger partial charge in [-0.2, -0.15) is 0 Å². The number of amides is 2. The molecule has 0 aromatic heterocycles. The number of carbonyl (C=O) groups excluding carboxylic acids is 1. The van der Waals surface area contributed by atoms with Crippen molar-refractivity contribution >= 4 is 6.03 Å². The van der Waals surface area contributed by atoms with Gasteiger partial charge in [0.1, 0.15) is 11.6 Å². The van der Waals surface area contributed by atoms with Crippen LogP contribution >= 0.6 is 0 Å². The minimum atomic E-state index is -0.549. The Bertz CT molecular complexity index is 497. The molecule has 2 rings (SSSR count). The van der Waals surface area contributed by atoms with Gasteiger partial charge in [-0.15, -0.1) is 0 Å². The van der Waals surface area contributed by atoms with Gasteiger partial charge in [-0.3, -0.25) is 0 Å². The molecule has 0 spiro atoms. The van der Waals surface area contributed by atoms with Crippen LogP contribution in [0.25, 0.3) is 0 Å². The van der Waals surface area contributed by atoms with E-state index in [2.05, 4.69) is 10.6 Å². The number of urea groups is 1. The van der Waals surface area contributed by atoms with E-state index < -0.39 is 17.7 Å². The summed E-state index contributed by atoms with van der Waals surface area (Å²) < 4.78 is 26.4. The van der Waals surface area contributed by atoms with Gasteiger partial charge >= 0.3 is 6.03 Å². The molecule has 116 valence electrons. The van der Waals surface area contributed by atoms with E-state index in [0.717, 1.165) is 37.5 Å².